The molecule has 0 aliphatic carbocycles. The number of hydrogen-bond acceptors (Lipinski definition) is 3. The van der Waals surface area contributed by atoms with Gasteiger partial charge in [0.05, 0.1) is 6.04 Å². The van der Waals surface area contributed by atoms with E-state index in [4.69, 9.17) is 9.47 Å². The van der Waals surface area contributed by atoms with Crippen LogP contribution in [-0.4, -0.2) is 35.6 Å². The second kappa shape index (κ2) is 8.34. The lowest BCUT2D eigenvalue weighted by molar-refractivity contribution is 0.0691. The molecule has 27 heavy (non-hydrogen) atoms. The van der Waals surface area contributed by atoms with Gasteiger partial charge in [-0.2, -0.15) is 0 Å². The standard InChI is InChI=1S/C22H26BrNO3/c1-22(2,3)27-20-11-9-19(10-12-20)26-15-18-8-5-13-24(18)21(25)16-6-4-7-17(23)14-16/h4,6-7,9-12,14,18H,5,8,13,15H2,1-3H3. The second-order valence-corrected chi connectivity index (χ2v) is 8.72. The maximum atomic E-state index is 12.8. The van der Waals surface area contributed by atoms with E-state index in [1.165, 1.54) is 0 Å². The molecule has 0 aromatic heterocycles. The van der Waals surface area contributed by atoms with E-state index in [9.17, 15) is 4.79 Å². The Kier molecular flexibility index (Phi) is 6.10. The first-order valence-corrected chi connectivity index (χ1v) is 10.1. The highest BCUT2D eigenvalue weighted by molar-refractivity contribution is 9.10. The van der Waals surface area contributed by atoms with E-state index in [0.29, 0.717) is 12.2 Å². The van der Waals surface area contributed by atoms with Gasteiger partial charge < -0.3 is 14.4 Å². The molecule has 1 atom stereocenters. The molecule has 1 unspecified atom stereocenters. The number of amides is 1. The van der Waals surface area contributed by atoms with Gasteiger partial charge in [-0.05, 0) is 76.1 Å². The maximum absolute atomic E-state index is 12.8. The van der Waals surface area contributed by atoms with Crippen LogP contribution in [0.5, 0.6) is 11.5 Å². The van der Waals surface area contributed by atoms with E-state index in [2.05, 4.69) is 15.9 Å². The molecule has 1 aliphatic rings. The largest absolute Gasteiger partial charge is 0.491 e. The lowest BCUT2D eigenvalue weighted by atomic mass is 10.1. The van der Waals surface area contributed by atoms with E-state index in [-0.39, 0.29) is 17.6 Å². The van der Waals surface area contributed by atoms with Crippen molar-refractivity contribution in [1.82, 2.24) is 4.90 Å². The highest BCUT2D eigenvalue weighted by atomic mass is 79.9. The first kappa shape index (κ1) is 19.7. The van der Waals surface area contributed by atoms with Crippen molar-refractivity contribution in [2.45, 2.75) is 45.3 Å². The predicted molar refractivity (Wildman–Crippen MR) is 111 cm³/mol. The van der Waals surface area contributed by atoms with Crippen molar-refractivity contribution in [3.8, 4) is 11.5 Å². The Hall–Kier alpha value is -2.01. The molecule has 1 amide bonds. The van der Waals surface area contributed by atoms with Crippen LogP contribution in [0.2, 0.25) is 0 Å². The summed E-state index contributed by atoms with van der Waals surface area (Å²) >= 11 is 3.43. The van der Waals surface area contributed by atoms with Gasteiger partial charge in [-0.1, -0.05) is 22.0 Å². The number of benzene rings is 2. The molecule has 2 aromatic rings. The molecule has 0 radical (unpaired) electrons. The van der Waals surface area contributed by atoms with Crippen LogP contribution in [0.15, 0.2) is 53.0 Å². The van der Waals surface area contributed by atoms with Crippen LogP contribution in [-0.2, 0) is 0 Å². The SMILES string of the molecule is CC(C)(C)Oc1ccc(OCC2CCCN2C(=O)c2cccc(Br)c2)cc1. The van der Waals surface area contributed by atoms with Crippen LogP contribution < -0.4 is 9.47 Å². The van der Waals surface area contributed by atoms with Crippen molar-refractivity contribution < 1.29 is 14.3 Å². The summed E-state index contributed by atoms with van der Waals surface area (Å²) in [6.45, 7) is 7.34. The quantitative estimate of drug-likeness (QED) is 0.643. The third kappa shape index (κ3) is 5.48. The zero-order valence-corrected chi connectivity index (χ0v) is 17.7. The second-order valence-electron chi connectivity index (χ2n) is 7.80. The number of halogens is 1. The van der Waals surface area contributed by atoms with Crippen LogP contribution in [0, 0.1) is 0 Å². The molecule has 0 N–H and O–H groups in total. The molecule has 1 heterocycles. The Bertz CT molecular complexity index is 783. The van der Waals surface area contributed by atoms with E-state index >= 15 is 0 Å². The van der Waals surface area contributed by atoms with Gasteiger partial charge in [0, 0.05) is 16.6 Å². The lowest BCUT2D eigenvalue weighted by Gasteiger charge is -2.25. The minimum atomic E-state index is -0.223. The number of carbonyl (C=O) groups excluding carboxylic acids is 1. The molecule has 4 nitrogen and oxygen atoms in total. The molecule has 1 fully saturated rings. The predicted octanol–water partition coefficient (Wildman–Crippen LogP) is 5.31. The van der Waals surface area contributed by atoms with Gasteiger partial charge in [-0.3, -0.25) is 4.79 Å². The Balaban J connectivity index is 1.59. The summed E-state index contributed by atoms with van der Waals surface area (Å²) in [5, 5.41) is 0. The Morgan fingerprint density at radius 2 is 1.85 bits per heavy atom. The summed E-state index contributed by atoms with van der Waals surface area (Å²) in [7, 11) is 0. The van der Waals surface area contributed by atoms with Crippen LogP contribution in [0.4, 0.5) is 0 Å². The number of rotatable bonds is 5. The first-order chi connectivity index (χ1) is 12.8. The van der Waals surface area contributed by atoms with Gasteiger partial charge in [-0.15, -0.1) is 0 Å². The van der Waals surface area contributed by atoms with Crippen molar-refractivity contribution in [2.24, 2.45) is 0 Å². The lowest BCUT2D eigenvalue weighted by Crippen LogP contribution is -2.39. The molecule has 0 saturated carbocycles. The highest BCUT2D eigenvalue weighted by Gasteiger charge is 2.30. The molecule has 2 aromatic carbocycles. The number of likely N-dealkylation sites (tertiary alicyclic amines) is 1. The van der Waals surface area contributed by atoms with Crippen LogP contribution in [0.3, 0.4) is 0 Å². The monoisotopic (exact) mass is 431 g/mol. The highest BCUT2D eigenvalue weighted by Crippen LogP contribution is 2.25. The van der Waals surface area contributed by atoms with E-state index in [0.717, 1.165) is 35.4 Å². The normalized spacial score (nSPS) is 17.0. The molecular formula is C22H26BrNO3. The van der Waals surface area contributed by atoms with Gasteiger partial charge in [0.25, 0.3) is 5.91 Å². The summed E-state index contributed by atoms with van der Waals surface area (Å²) in [5.74, 6) is 1.68. The molecule has 5 heteroatoms. The molecule has 0 spiro atoms. The fourth-order valence-electron chi connectivity index (χ4n) is 3.21. The smallest absolute Gasteiger partial charge is 0.254 e. The van der Waals surface area contributed by atoms with E-state index < -0.39 is 0 Å². The summed E-state index contributed by atoms with van der Waals surface area (Å²) in [5.41, 5.74) is 0.486. The van der Waals surface area contributed by atoms with Crippen LogP contribution in [0.25, 0.3) is 0 Å². The average molecular weight is 432 g/mol. The third-order valence-electron chi connectivity index (χ3n) is 4.40. The zero-order chi connectivity index (χ0) is 19.4. The molecule has 1 aliphatic heterocycles. The topological polar surface area (TPSA) is 38.8 Å². The van der Waals surface area contributed by atoms with Crippen molar-refractivity contribution in [1.29, 1.82) is 0 Å². The maximum Gasteiger partial charge on any atom is 0.254 e. The van der Waals surface area contributed by atoms with Crippen molar-refractivity contribution in [2.75, 3.05) is 13.2 Å². The Morgan fingerprint density at radius 3 is 2.52 bits per heavy atom. The van der Waals surface area contributed by atoms with E-state index in [1.807, 2.05) is 74.2 Å². The van der Waals surface area contributed by atoms with Crippen molar-refractivity contribution in [3.05, 3.63) is 58.6 Å². The molecular weight excluding hydrogens is 406 g/mol. The fourth-order valence-corrected chi connectivity index (χ4v) is 3.61. The molecule has 1 saturated heterocycles. The first-order valence-electron chi connectivity index (χ1n) is 9.30. The fraction of sp³-hybridized carbons (Fsp3) is 0.409. The van der Waals surface area contributed by atoms with Crippen LogP contribution in [0.1, 0.15) is 44.0 Å². The summed E-state index contributed by atoms with van der Waals surface area (Å²) in [4.78, 5) is 14.8. The molecule has 144 valence electrons. The average Bonchev–Trinajstić information content (AvgIpc) is 3.08. The van der Waals surface area contributed by atoms with Gasteiger partial charge >= 0.3 is 0 Å². The van der Waals surface area contributed by atoms with Crippen molar-refractivity contribution in [3.63, 3.8) is 0 Å². The van der Waals surface area contributed by atoms with Crippen molar-refractivity contribution >= 4 is 21.8 Å². The summed E-state index contributed by atoms with van der Waals surface area (Å²) < 4.78 is 12.7. The van der Waals surface area contributed by atoms with Gasteiger partial charge in [0.2, 0.25) is 0 Å². The zero-order valence-electron chi connectivity index (χ0n) is 16.1. The van der Waals surface area contributed by atoms with Crippen LogP contribution >= 0.6 is 15.9 Å². The minimum absolute atomic E-state index is 0.0660. The number of nitrogens with zero attached hydrogens (tertiary/aromatic N) is 1. The number of ether oxygens (including phenoxy) is 2. The Morgan fingerprint density at radius 1 is 1.15 bits per heavy atom. The summed E-state index contributed by atoms with van der Waals surface area (Å²) in [6, 6.07) is 15.3. The number of carbonyl (C=O) groups is 1. The number of hydrogen-bond donors (Lipinski definition) is 0. The third-order valence-corrected chi connectivity index (χ3v) is 4.89. The molecule has 3 rings (SSSR count). The molecule has 0 bridgehead atoms. The van der Waals surface area contributed by atoms with E-state index in [1.54, 1.807) is 0 Å². The summed E-state index contributed by atoms with van der Waals surface area (Å²) in [6.07, 6.45) is 1.97. The minimum Gasteiger partial charge on any atom is -0.491 e. The van der Waals surface area contributed by atoms with Gasteiger partial charge in [0.1, 0.15) is 23.7 Å². The van der Waals surface area contributed by atoms with Gasteiger partial charge in [-0.25, -0.2) is 0 Å². The van der Waals surface area contributed by atoms with Gasteiger partial charge in [0.15, 0.2) is 0 Å². The Labute approximate surface area is 169 Å².